The van der Waals surface area contributed by atoms with E-state index in [1.165, 1.54) is 18.4 Å². The minimum Gasteiger partial charge on any atom is -0.385 e. The third-order valence-corrected chi connectivity index (χ3v) is 5.10. The summed E-state index contributed by atoms with van der Waals surface area (Å²) in [5, 5.41) is 0. The first-order chi connectivity index (χ1) is 11.3. The van der Waals surface area contributed by atoms with Gasteiger partial charge in [0, 0.05) is 26.2 Å². The summed E-state index contributed by atoms with van der Waals surface area (Å²) >= 11 is 0. The van der Waals surface area contributed by atoms with Crippen LogP contribution < -0.4 is 0 Å². The smallest absolute Gasteiger partial charge is 0.123 e. The summed E-state index contributed by atoms with van der Waals surface area (Å²) < 4.78 is 11.0. The molecule has 0 aromatic heterocycles. The molecule has 0 radical (unpaired) electrons. The van der Waals surface area contributed by atoms with Crippen molar-refractivity contribution in [2.75, 3.05) is 20.3 Å². The Morgan fingerprint density at radius 1 is 1.09 bits per heavy atom. The van der Waals surface area contributed by atoms with E-state index in [-0.39, 0.29) is 6.10 Å². The highest BCUT2D eigenvalue weighted by atomic mass is 16.5. The summed E-state index contributed by atoms with van der Waals surface area (Å²) in [6.07, 6.45) is 18.4. The fourth-order valence-electron chi connectivity index (χ4n) is 3.57. The average molecular weight is 320 g/mol. The third-order valence-electron chi connectivity index (χ3n) is 5.10. The standard InChI is InChI=1S/C20H32O3/c1-22-14-4-2-3-5-15-23-20-12-10-19(11-13-20)18-8-6-17(16-21)7-9-18/h10-12,16-18,20H,2-9,13-15H2,1H3. The minimum absolute atomic E-state index is 0.254. The van der Waals surface area contributed by atoms with Crippen LogP contribution in [0.25, 0.3) is 0 Å². The van der Waals surface area contributed by atoms with Crippen LogP contribution >= 0.6 is 0 Å². The van der Waals surface area contributed by atoms with Crippen LogP contribution in [0.1, 0.15) is 57.8 Å². The van der Waals surface area contributed by atoms with E-state index in [2.05, 4.69) is 18.2 Å². The van der Waals surface area contributed by atoms with Crippen LogP contribution in [0.2, 0.25) is 0 Å². The van der Waals surface area contributed by atoms with Gasteiger partial charge in [0.2, 0.25) is 0 Å². The Morgan fingerprint density at radius 2 is 1.83 bits per heavy atom. The van der Waals surface area contributed by atoms with E-state index in [1.54, 1.807) is 7.11 Å². The Balaban J connectivity index is 1.57. The molecule has 0 aliphatic heterocycles. The molecule has 0 aromatic carbocycles. The minimum atomic E-state index is 0.254. The zero-order chi connectivity index (χ0) is 16.3. The second kappa shape index (κ2) is 10.8. The Kier molecular flexibility index (Phi) is 8.62. The van der Waals surface area contributed by atoms with Gasteiger partial charge in [0.05, 0.1) is 6.10 Å². The third kappa shape index (κ3) is 6.60. The Labute approximate surface area is 141 Å². The van der Waals surface area contributed by atoms with E-state index in [0.29, 0.717) is 11.8 Å². The molecule has 1 atom stereocenters. The number of carbonyl (C=O) groups is 1. The molecule has 130 valence electrons. The number of unbranched alkanes of at least 4 members (excludes halogenated alkanes) is 3. The zero-order valence-electron chi connectivity index (χ0n) is 14.5. The van der Waals surface area contributed by atoms with Gasteiger partial charge in [-0.3, -0.25) is 0 Å². The quantitative estimate of drug-likeness (QED) is 0.440. The monoisotopic (exact) mass is 320 g/mol. The van der Waals surface area contributed by atoms with E-state index < -0.39 is 0 Å². The van der Waals surface area contributed by atoms with E-state index in [1.807, 2.05) is 0 Å². The predicted molar refractivity (Wildman–Crippen MR) is 93.4 cm³/mol. The Hall–Kier alpha value is -0.930. The highest BCUT2D eigenvalue weighted by molar-refractivity contribution is 5.53. The average Bonchev–Trinajstić information content (AvgIpc) is 2.61. The molecule has 2 aliphatic carbocycles. The normalized spacial score (nSPS) is 27.7. The van der Waals surface area contributed by atoms with E-state index in [9.17, 15) is 4.79 Å². The van der Waals surface area contributed by atoms with Gasteiger partial charge in [-0.05, 0) is 56.4 Å². The maximum Gasteiger partial charge on any atom is 0.123 e. The molecule has 1 fully saturated rings. The largest absolute Gasteiger partial charge is 0.385 e. The van der Waals surface area contributed by atoms with Crippen molar-refractivity contribution >= 4 is 6.29 Å². The molecule has 3 heteroatoms. The van der Waals surface area contributed by atoms with Gasteiger partial charge in [0.15, 0.2) is 0 Å². The molecule has 23 heavy (non-hydrogen) atoms. The Morgan fingerprint density at radius 3 is 2.43 bits per heavy atom. The summed E-state index contributed by atoms with van der Waals surface area (Å²) in [5.41, 5.74) is 1.47. The van der Waals surface area contributed by atoms with Crippen LogP contribution in [0.15, 0.2) is 23.8 Å². The lowest BCUT2D eigenvalue weighted by molar-refractivity contribution is -0.112. The lowest BCUT2D eigenvalue weighted by Gasteiger charge is -2.28. The van der Waals surface area contributed by atoms with Gasteiger partial charge in [-0.1, -0.05) is 31.1 Å². The van der Waals surface area contributed by atoms with Crippen LogP contribution in [0.3, 0.4) is 0 Å². The summed E-state index contributed by atoms with van der Waals surface area (Å²) in [6.45, 7) is 1.73. The number of rotatable bonds is 10. The number of methoxy groups -OCH3 is 1. The molecule has 0 heterocycles. The first-order valence-electron chi connectivity index (χ1n) is 9.27. The van der Waals surface area contributed by atoms with Crippen molar-refractivity contribution < 1.29 is 14.3 Å². The highest BCUT2D eigenvalue weighted by Crippen LogP contribution is 2.34. The van der Waals surface area contributed by atoms with Crippen molar-refractivity contribution in [3.05, 3.63) is 23.8 Å². The molecule has 0 N–H and O–H groups in total. The van der Waals surface area contributed by atoms with Crippen LogP contribution in [0, 0.1) is 11.8 Å². The molecule has 0 aromatic rings. The second-order valence-electron chi connectivity index (χ2n) is 6.86. The number of hydrogen-bond acceptors (Lipinski definition) is 3. The summed E-state index contributed by atoms with van der Waals surface area (Å²) in [4.78, 5) is 10.8. The number of allylic oxidation sites excluding steroid dienone is 2. The lowest BCUT2D eigenvalue weighted by Crippen LogP contribution is -2.19. The van der Waals surface area contributed by atoms with Crippen molar-refractivity contribution in [3.8, 4) is 0 Å². The van der Waals surface area contributed by atoms with Gasteiger partial charge in [-0.25, -0.2) is 0 Å². The maximum absolute atomic E-state index is 10.8. The van der Waals surface area contributed by atoms with Crippen LogP contribution in [0.4, 0.5) is 0 Å². The lowest BCUT2D eigenvalue weighted by atomic mass is 9.78. The van der Waals surface area contributed by atoms with Gasteiger partial charge >= 0.3 is 0 Å². The molecule has 3 nitrogen and oxygen atoms in total. The van der Waals surface area contributed by atoms with E-state index in [4.69, 9.17) is 9.47 Å². The van der Waals surface area contributed by atoms with E-state index >= 15 is 0 Å². The van der Waals surface area contributed by atoms with Crippen molar-refractivity contribution in [2.24, 2.45) is 11.8 Å². The van der Waals surface area contributed by atoms with Crippen molar-refractivity contribution in [1.29, 1.82) is 0 Å². The second-order valence-corrected chi connectivity index (χ2v) is 6.86. The molecule has 2 aliphatic rings. The summed E-state index contributed by atoms with van der Waals surface area (Å²) in [6, 6.07) is 0. The van der Waals surface area contributed by atoms with Gasteiger partial charge in [-0.15, -0.1) is 0 Å². The number of hydrogen-bond donors (Lipinski definition) is 0. The maximum atomic E-state index is 10.8. The zero-order valence-corrected chi connectivity index (χ0v) is 14.5. The van der Waals surface area contributed by atoms with E-state index in [0.717, 1.165) is 64.4 Å². The number of aldehydes is 1. The molecule has 0 amide bonds. The molecule has 2 rings (SSSR count). The summed E-state index contributed by atoms with van der Waals surface area (Å²) in [7, 11) is 1.76. The molecular weight excluding hydrogens is 288 g/mol. The van der Waals surface area contributed by atoms with Gasteiger partial charge in [-0.2, -0.15) is 0 Å². The van der Waals surface area contributed by atoms with Crippen LogP contribution in [-0.4, -0.2) is 32.7 Å². The van der Waals surface area contributed by atoms with Gasteiger partial charge < -0.3 is 14.3 Å². The van der Waals surface area contributed by atoms with Crippen LogP contribution in [0.5, 0.6) is 0 Å². The number of ether oxygens (including phenoxy) is 2. The molecule has 0 saturated heterocycles. The van der Waals surface area contributed by atoms with Crippen molar-refractivity contribution in [1.82, 2.24) is 0 Å². The van der Waals surface area contributed by atoms with Crippen molar-refractivity contribution in [3.63, 3.8) is 0 Å². The SMILES string of the molecule is COCCCCCCOC1C=CC(C2CCC(C=O)CC2)=CC1. The fraction of sp³-hybridized carbons (Fsp3) is 0.750. The molecule has 1 unspecified atom stereocenters. The number of carbonyl (C=O) groups excluding carboxylic acids is 1. The highest BCUT2D eigenvalue weighted by Gasteiger charge is 2.23. The van der Waals surface area contributed by atoms with Gasteiger partial charge in [0.1, 0.15) is 6.29 Å². The topological polar surface area (TPSA) is 35.5 Å². The van der Waals surface area contributed by atoms with Crippen molar-refractivity contribution in [2.45, 2.75) is 63.9 Å². The Bertz CT molecular complexity index is 392. The summed E-state index contributed by atoms with van der Waals surface area (Å²) in [5.74, 6) is 0.962. The predicted octanol–water partition coefficient (Wildman–Crippen LogP) is 4.47. The molecular formula is C20H32O3. The van der Waals surface area contributed by atoms with Gasteiger partial charge in [0.25, 0.3) is 0 Å². The molecule has 1 saturated carbocycles. The molecule has 0 spiro atoms. The first-order valence-corrected chi connectivity index (χ1v) is 9.27. The first kappa shape index (κ1) is 18.4. The fourth-order valence-corrected chi connectivity index (χ4v) is 3.57. The van der Waals surface area contributed by atoms with Crippen LogP contribution in [-0.2, 0) is 14.3 Å². The molecule has 0 bridgehead atoms.